The first-order chi connectivity index (χ1) is 13.5. The van der Waals surface area contributed by atoms with Crippen molar-refractivity contribution in [3.8, 4) is 0 Å². The maximum absolute atomic E-state index is 12.8. The van der Waals surface area contributed by atoms with Crippen molar-refractivity contribution >= 4 is 11.8 Å². The molecule has 1 spiro atoms. The molecule has 152 valence electrons. The lowest BCUT2D eigenvalue weighted by Crippen LogP contribution is -2.63. The van der Waals surface area contributed by atoms with E-state index >= 15 is 0 Å². The van der Waals surface area contributed by atoms with E-state index in [1.165, 1.54) is 0 Å². The summed E-state index contributed by atoms with van der Waals surface area (Å²) < 4.78 is 0. The minimum absolute atomic E-state index is 0.199. The number of hydrogen-bond acceptors (Lipinski definition) is 4. The molecule has 1 aromatic rings. The van der Waals surface area contributed by atoms with E-state index < -0.39 is 0 Å². The predicted octanol–water partition coefficient (Wildman–Crippen LogP) is 1.73. The van der Waals surface area contributed by atoms with Gasteiger partial charge in [-0.15, -0.1) is 0 Å². The quantitative estimate of drug-likeness (QED) is 0.796. The first-order valence-electron chi connectivity index (χ1n) is 10.6. The van der Waals surface area contributed by atoms with Gasteiger partial charge in [-0.05, 0) is 64.4 Å². The fraction of sp³-hybridized carbons (Fsp3) is 0.682. The van der Waals surface area contributed by atoms with Gasteiger partial charge in [-0.2, -0.15) is 0 Å². The molecule has 0 N–H and O–H groups in total. The van der Waals surface area contributed by atoms with Crippen LogP contribution in [0.4, 0.5) is 0 Å². The van der Waals surface area contributed by atoms with Crippen LogP contribution in [-0.4, -0.2) is 77.8 Å². The normalized spacial score (nSPS) is 22.9. The fourth-order valence-electron chi connectivity index (χ4n) is 4.96. The highest BCUT2D eigenvalue weighted by molar-refractivity contribution is 5.80. The molecule has 6 nitrogen and oxygen atoms in total. The van der Waals surface area contributed by atoms with Gasteiger partial charge in [-0.1, -0.05) is 6.07 Å². The van der Waals surface area contributed by atoms with Gasteiger partial charge in [-0.3, -0.25) is 14.6 Å². The van der Waals surface area contributed by atoms with Gasteiger partial charge < -0.3 is 14.7 Å². The van der Waals surface area contributed by atoms with Gasteiger partial charge in [0.25, 0.3) is 0 Å². The average molecular weight is 385 g/mol. The van der Waals surface area contributed by atoms with Crippen molar-refractivity contribution in [2.45, 2.75) is 39.0 Å². The maximum Gasteiger partial charge on any atom is 0.227 e. The zero-order valence-electron chi connectivity index (χ0n) is 17.2. The highest BCUT2D eigenvalue weighted by Crippen LogP contribution is 2.41. The minimum Gasteiger partial charge on any atom is -0.342 e. The van der Waals surface area contributed by atoms with Crippen molar-refractivity contribution in [1.29, 1.82) is 0 Å². The third kappa shape index (κ3) is 3.93. The standard InChI is InChI=1S/C22H32N4O2/c1-17-19(4-3-9-23-17)14-20(27)25-12-7-22(8-13-25)15-26(16-22)21(28)18-5-10-24(2)11-6-18/h3-4,9,18H,5-8,10-16H2,1-2H3. The third-order valence-electron chi connectivity index (χ3n) is 7.07. The summed E-state index contributed by atoms with van der Waals surface area (Å²) >= 11 is 0. The van der Waals surface area contributed by atoms with Crippen LogP contribution in [0.1, 0.15) is 36.9 Å². The van der Waals surface area contributed by atoms with Gasteiger partial charge in [0.2, 0.25) is 11.8 Å². The summed E-state index contributed by atoms with van der Waals surface area (Å²) in [7, 11) is 2.13. The van der Waals surface area contributed by atoms with E-state index in [-0.39, 0.29) is 17.2 Å². The Bertz CT molecular complexity index is 726. The monoisotopic (exact) mass is 384 g/mol. The molecule has 0 saturated carbocycles. The average Bonchev–Trinajstić information content (AvgIpc) is 2.68. The van der Waals surface area contributed by atoms with Gasteiger partial charge in [0.1, 0.15) is 0 Å². The largest absolute Gasteiger partial charge is 0.342 e. The lowest BCUT2D eigenvalue weighted by molar-refractivity contribution is -0.155. The van der Waals surface area contributed by atoms with Crippen molar-refractivity contribution in [2.75, 3.05) is 46.3 Å². The van der Waals surface area contributed by atoms with Crippen LogP contribution < -0.4 is 0 Å². The Hall–Kier alpha value is -1.95. The van der Waals surface area contributed by atoms with Crippen LogP contribution in [0.2, 0.25) is 0 Å². The SMILES string of the molecule is Cc1ncccc1CC(=O)N1CCC2(CC1)CN(C(=O)C1CCN(C)CC1)C2. The second-order valence-electron chi connectivity index (χ2n) is 9.08. The molecule has 4 heterocycles. The highest BCUT2D eigenvalue weighted by atomic mass is 16.2. The second-order valence-corrected chi connectivity index (χ2v) is 9.08. The molecule has 3 aliphatic rings. The lowest BCUT2D eigenvalue weighted by atomic mass is 9.71. The predicted molar refractivity (Wildman–Crippen MR) is 108 cm³/mol. The molecule has 0 atom stereocenters. The van der Waals surface area contributed by atoms with E-state index in [2.05, 4.69) is 21.8 Å². The van der Waals surface area contributed by atoms with Gasteiger partial charge in [0, 0.05) is 49.4 Å². The Morgan fingerprint density at radius 2 is 1.79 bits per heavy atom. The molecule has 28 heavy (non-hydrogen) atoms. The summed E-state index contributed by atoms with van der Waals surface area (Å²) in [5, 5.41) is 0. The molecule has 6 heteroatoms. The summed E-state index contributed by atoms with van der Waals surface area (Å²) in [6.45, 7) is 7.43. The number of likely N-dealkylation sites (tertiary alicyclic amines) is 3. The number of carbonyl (C=O) groups is 2. The Morgan fingerprint density at radius 3 is 2.43 bits per heavy atom. The number of hydrogen-bond donors (Lipinski definition) is 0. The molecule has 3 saturated heterocycles. The molecule has 0 aromatic carbocycles. The third-order valence-corrected chi connectivity index (χ3v) is 7.07. The van der Waals surface area contributed by atoms with Crippen molar-refractivity contribution < 1.29 is 9.59 Å². The van der Waals surface area contributed by atoms with Crippen LogP contribution in [0.25, 0.3) is 0 Å². The first kappa shape index (κ1) is 19.4. The lowest BCUT2D eigenvalue weighted by Gasteiger charge is -2.54. The Labute approximate surface area is 167 Å². The van der Waals surface area contributed by atoms with Crippen molar-refractivity contribution in [1.82, 2.24) is 19.7 Å². The Balaban J connectivity index is 1.24. The van der Waals surface area contributed by atoms with Crippen LogP contribution in [0.15, 0.2) is 18.3 Å². The second kappa shape index (κ2) is 7.82. The topological polar surface area (TPSA) is 56.8 Å². The first-order valence-corrected chi connectivity index (χ1v) is 10.6. The number of rotatable bonds is 3. The summed E-state index contributed by atoms with van der Waals surface area (Å²) in [4.78, 5) is 36.1. The molecule has 0 bridgehead atoms. The van der Waals surface area contributed by atoms with Crippen LogP contribution in [0.3, 0.4) is 0 Å². The number of aromatic nitrogens is 1. The van der Waals surface area contributed by atoms with Gasteiger partial charge in [-0.25, -0.2) is 0 Å². The molecule has 4 rings (SSSR count). The van der Waals surface area contributed by atoms with Gasteiger partial charge in [0.15, 0.2) is 0 Å². The highest BCUT2D eigenvalue weighted by Gasteiger charge is 2.48. The molecular weight excluding hydrogens is 352 g/mol. The Kier molecular flexibility index (Phi) is 5.41. The molecule has 3 aliphatic heterocycles. The van der Waals surface area contributed by atoms with Crippen LogP contribution >= 0.6 is 0 Å². The number of carbonyl (C=O) groups excluding carboxylic acids is 2. The van der Waals surface area contributed by atoms with Gasteiger partial charge >= 0.3 is 0 Å². The smallest absolute Gasteiger partial charge is 0.227 e. The summed E-state index contributed by atoms with van der Waals surface area (Å²) in [5.41, 5.74) is 2.21. The summed E-state index contributed by atoms with van der Waals surface area (Å²) in [6, 6.07) is 3.88. The van der Waals surface area contributed by atoms with E-state index in [1.807, 2.05) is 24.0 Å². The number of pyridine rings is 1. The van der Waals surface area contributed by atoms with E-state index in [9.17, 15) is 9.59 Å². The van der Waals surface area contributed by atoms with Crippen LogP contribution in [0, 0.1) is 18.3 Å². The van der Waals surface area contributed by atoms with Gasteiger partial charge in [0.05, 0.1) is 6.42 Å². The zero-order valence-corrected chi connectivity index (χ0v) is 17.2. The number of nitrogens with zero attached hydrogens (tertiary/aromatic N) is 4. The summed E-state index contributed by atoms with van der Waals surface area (Å²) in [6.07, 6.45) is 6.23. The maximum atomic E-state index is 12.8. The van der Waals surface area contributed by atoms with E-state index in [0.29, 0.717) is 12.3 Å². The number of aryl methyl sites for hydroxylation is 1. The van der Waals surface area contributed by atoms with Crippen molar-refractivity contribution in [3.05, 3.63) is 29.6 Å². The van der Waals surface area contributed by atoms with E-state index in [1.54, 1.807) is 6.20 Å². The molecule has 3 fully saturated rings. The number of piperidine rings is 2. The van der Waals surface area contributed by atoms with Crippen molar-refractivity contribution in [3.63, 3.8) is 0 Å². The molecular formula is C22H32N4O2. The molecule has 0 radical (unpaired) electrons. The molecule has 1 aromatic heterocycles. The minimum atomic E-state index is 0.199. The molecule has 0 unspecified atom stereocenters. The van der Waals surface area contributed by atoms with Crippen LogP contribution in [0.5, 0.6) is 0 Å². The van der Waals surface area contributed by atoms with E-state index in [4.69, 9.17) is 0 Å². The van der Waals surface area contributed by atoms with Crippen molar-refractivity contribution in [2.24, 2.45) is 11.3 Å². The molecule has 2 amide bonds. The zero-order chi connectivity index (χ0) is 19.7. The molecule has 0 aliphatic carbocycles. The van der Waals surface area contributed by atoms with E-state index in [0.717, 1.165) is 76.2 Å². The fourth-order valence-corrected chi connectivity index (χ4v) is 4.96. The van der Waals surface area contributed by atoms with Crippen LogP contribution in [-0.2, 0) is 16.0 Å². The summed E-state index contributed by atoms with van der Waals surface area (Å²) in [5.74, 6) is 0.784. The Morgan fingerprint density at radius 1 is 1.11 bits per heavy atom. The number of amides is 2.